The van der Waals surface area contributed by atoms with Crippen LogP contribution in [0.4, 0.5) is 4.79 Å². The highest BCUT2D eigenvalue weighted by atomic mass is 16.2. The number of nitrogens with zero attached hydrogens (tertiary/aromatic N) is 2. The molecule has 2 N–H and O–H groups in total. The van der Waals surface area contributed by atoms with Crippen molar-refractivity contribution >= 4 is 22.8 Å². The number of hydrogen-bond acceptors (Lipinski definition) is 2. The zero-order chi connectivity index (χ0) is 25.4. The predicted molar refractivity (Wildman–Crippen MR) is 143 cm³/mol. The number of urea groups is 1. The van der Waals surface area contributed by atoms with Crippen molar-refractivity contribution in [1.82, 2.24) is 20.1 Å². The quantitative estimate of drug-likeness (QED) is 0.407. The van der Waals surface area contributed by atoms with Gasteiger partial charge < -0.3 is 20.1 Å². The Morgan fingerprint density at radius 3 is 2.31 bits per heavy atom. The van der Waals surface area contributed by atoms with Gasteiger partial charge in [0.05, 0.1) is 0 Å². The molecule has 0 fully saturated rings. The predicted octanol–water partition coefficient (Wildman–Crippen LogP) is 5.48. The van der Waals surface area contributed by atoms with Gasteiger partial charge >= 0.3 is 6.03 Å². The lowest BCUT2D eigenvalue weighted by molar-refractivity contribution is -0.132. The van der Waals surface area contributed by atoms with Crippen LogP contribution in [0.25, 0.3) is 10.9 Å². The van der Waals surface area contributed by atoms with E-state index in [-0.39, 0.29) is 23.9 Å². The largest absolute Gasteiger partial charge is 0.361 e. The molecule has 1 aromatic heterocycles. The highest BCUT2D eigenvalue weighted by Gasteiger charge is 2.21. The summed E-state index contributed by atoms with van der Waals surface area (Å²) in [5, 5.41) is 4.02. The van der Waals surface area contributed by atoms with Crippen LogP contribution in [0.15, 0.2) is 54.7 Å². The Morgan fingerprint density at radius 1 is 0.943 bits per heavy atom. The van der Waals surface area contributed by atoms with Gasteiger partial charge in [-0.25, -0.2) is 4.79 Å². The number of aromatic nitrogens is 1. The van der Waals surface area contributed by atoms with Gasteiger partial charge in [-0.2, -0.15) is 0 Å². The molecule has 6 heteroatoms. The summed E-state index contributed by atoms with van der Waals surface area (Å²) < 4.78 is 0. The number of carbonyl (C=O) groups excluding carboxylic acids is 2. The molecule has 0 radical (unpaired) electrons. The Balaban J connectivity index is 1.79. The van der Waals surface area contributed by atoms with Crippen molar-refractivity contribution in [3.63, 3.8) is 0 Å². The number of hydrogen-bond donors (Lipinski definition) is 2. The molecule has 0 bridgehead atoms. The molecule has 3 rings (SSSR count). The van der Waals surface area contributed by atoms with Gasteiger partial charge in [-0.3, -0.25) is 4.79 Å². The van der Waals surface area contributed by atoms with Crippen molar-refractivity contribution in [2.24, 2.45) is 0 Å². The topological polar surface area (TPSA) is 68.4 Å². The van der Waals surface area contributed by atoms with Gasteiger partial charge in [0.1, 0.15) is 6.54 Å². The molecule has 3 aromatic rings. The van der Waals surface area contributed by atoms with Crippen molar-refractivity contribution in [2.45, 2.75) is 59.4 Å². The molecule has 0 atom stereocenters. The number of H-pyrrole nitrogens is 1. The Bertz CT molecular complexity index is 1110. The van der Waals surface area contributed by atoms with E-state index < -0.39 is 0 Å². The maximum Gasteiger partial charge on any atom is 0.317 e. The Morgan fingerprint density at radius 2 is 1.66 bits per heavy atom. The monoisotopic (exact) mass is 476 g/mol. The lowest BCUT2D eigenvalue weighted by Gasteiger charge is -2.28. The molecule has 0 saturated heterocycles. The normalized spacial score (nSPS) is 11.5. The van der Waals surface area contributed by atoms with Crippen LogP contribution in [0, 0.1) is 0 Å². The first-order valence-electron chi connectivity index (χ1n) is 12.7. The van der Waals surface area contributed by atoms with Gasteiger partial charge in [0, 0.05) is 43.3 Å². The van der Waals surface area contributed by atoms with E-state index in [2.05, 4.69) is 67.5 Å². The molecule has 3 amide bonds. The molecule has 35 heavy (non-hydrogen) atoms. The first-order chi connectivity index (χ1) is 16.7. The van der Waals surface area contributed by atoms with Gasteiger partial charge in [0.25, 0.3) is 0 Å². The van der Waals surface area contributed by atoms with Crippen LogP contribution >= 0.6 is 0 Å². The number of fused-ring (bicyclic) bond motifs is 1. The van der Waals surface area contributed by atoms with Gasteiger partial charge in [-0.05, 0) is 47.9 Å². The molecule has 0 saturated carbocycles. The molecule has 1 heterocycles. The standard InChI is InChI=1S/C29H40N4O2/c1-6-17-33(28(35)30-7-2)21-27(34)32(20-22-12-14-24(15-13-22)29(3,4)5)18-16-23-19-31-26-11-9-8-10-25(23)26/h8-15,19,31H,6-7,16-18,20-21H2,1-5H3,(H,30,35). The second kappa shape index (κ2) is 11.9. The fourth-order valence-electron chi connectivity index (χ4n) is 4.26. The van der Waals surface area contributed by atoms with E-state index in [4.69, 9.17) is 0 Å². The third-order valence-electron chi connectivity index (χ3n) is 6.31. The lowest BCUT2D eigenvalue weighted by atomic mass is 9.87. The number of amides is 3. The number of carbonyl (C=O) groups is 2. The van der Waals surface area contributed by atoms with Gasteiger partial charge in [0.2, 0.25) is 5.91 Å². The van der Waals surface area contributed by atoms with E-state index in [1.165, 1.54) is 16.5 Å². The average Bonchev–Trinajstić information content (AvgIpc) is 3.24. The number of nitrogens with one attached hydrogen (secondary N) is 2. The molecule has 2 aromatic carbocycles. The molecule has 0 spiro atoms. The van der Waals surface area contributed by atoms with Crippen LogP contribution in [0.1, 0.15) is 57.7 Å². The summed E-state index contributed by atoms with van der Waals surface area (Å²) in [6.07, 6.45) is 3.57. The molecule has 0 aliphatic heterocycles. The van der Waals surface area contributed by atoms with E-state index >= 15 is 0 Å². The van der Waals surface area contributed by atoms with E-state index in [1.54, 1.807) is 4.90 Å². The summed E-state index contributed by atoms with van der Waals surface area (Å²) in [7, 11) is 0. The molecule has 0 aliphatic rings. The first kappa shape index (κ1) is 26.3. The first-order valence-corrected chi connectivity index (χ1v) is 12.7. The Labute approximate surface area is 209 Å². The van der Waals surface area contributed by atoms with Crippen LogP contribution in [-0.2, 0) is 23.2 Å². The molecule has 6 nitrogen and oxygen atoms in total. The molecular formula is C29H40N4O2. The summed E-state index contributed by atoms with van der Waals surface area (Å²) >= 11 is 0. The number of aromatic amines is 1. The lowest BCUT2D eigenvalue weighted by Crippen LogP contribution is -2.47. The maximum atomic E-state index is 13.5. The number of rotatable bonds is 10. The van der Waals surface area contributed by atoms with E-state index in [1.807, 2.05) is 37.1 Å². The summed E-state index contributed by atoms with van der Waals surface area (Å²) in [6, 6.07) is 16.6. The van der Waals surface area contributed by atoms with Gasteiger partial charge in [-0.1, -0.05) is 70.2 Å². The molecule has 188 valence electrons. The minimum Gasteiger partial charge on any atom is -0.361 e. The molecule has 0 unspecified atom stereocenters. The zero-order valence-corrected chi connectivity index (χ0v) is 21.9. The van der Waals surface area contributed by atoms with E-state index in [0.29, 0.717) is 26.2 Å². The van der Waals surface area contributed by atoms with Gasteiger partial charge in [0.15, 0.2) is 0 Å². The Kier molecular flexibility index (Phi) is 8.96. The van der Waals surface area contributed by atoms with Crippen molar-refractivity contribution in [3.05, 3.63) is 71.4 Å². The summed E-state index contributed by atoms with van der Waals surface area (Å²) in [5.41, 5.74) is 4.73. The van der Waals surface area contributed by atoms with E-state index in [0.717, 1.165) is 23.9 Å². The second-order valence-corrected chi connectivity index (χ2v) is 10.1. The van der Waals surface area contributed by atoms with Crippen LogP contribution in [0.3, 0.4) is 0 Å². The molecular weight excluding hydrogens is 436 g/mol. The Hall–Kier alpha value is -3.28. The minimum atomic E-state index is -0.186. The van der Waals surface area contributed by atoms with Crippen LogP contribution < -0.4 is 5.32 Å². The smallest absolute Gasteiger partial charge is 0.317 e. The summed E-state index contributed by atoms with van der Waals surface area (Å²) in [4.78, 5) is 32.8. The number of benzene rings is 2. The average molecular weight is 477 g/mol. The van der Waals surface area contributed by atoms with Crippen molar-refractivity contribution in [1.29, 1.82) is 0 Å². The van der Waals surface area contributed by atoms with Crippen LogP contribution in [0.5, 0.6) is 0 Å². The fraction of sp³-hybridized carbons (Fsp3) is 0.448. The summed E-state index contributed by atoms with van der Waals surface area (Å²) in [5.74, 6) is -0.0376. The highest BCUT2D eigenvalue weighted by molar-refractivity contribution is 5.85. The van der Waals surface area contributed by atoms with Gasteiger partial charge in [-0.15, -0.1) is 0 Å². The fourth-order valence-corrected chi connectivity index (χ4v) is 4.26. The number of para-hydroxylation sites is 1. The van der Waals surface area contributed by atoms with Crippen molar-refractivity contribution < 1.29 is 9.59 Å². The zero-order valence-electron chi connectivity index (χ0n) is 21.9. The second-order valence-electron chi connectivity index (χ2n) is 10.1. The SMILES string of the molecule is CCCN(CC(=O)N(CCc1c[nH]c2ccccc12)Cc1ccc(C(C)(C)C)cc1)C(=O)NCC. The third-order valence-corrected chi connectivity index (χ3v) is 6.31. The minimum absolute atomic E-state index is 0.0376. The summed E-state index contributed by atoms with van der Waals surface area (Å²) in [6.45, 7) is 12.8. The maximum absolute atomic E-state index is 13.5. The van der Waals surface area contributed by atoms with Crippen molar-refractivity contribution in [3.8, 4) is 0 Å². The molecule has 0 aliphatic carbocycles. The van der Waals surface area contributed by atoms with E-state index in [9.17, 15) is 9.59 Å². The van der Waals surface area contributed by atoms with Crippen LogP contribution in [-0.4, -0.2) is 52.9 Å². The van der Waals surface area contributed by atoms with Crippen molar-refractivity contribution in [2.75, 3.05) is 26.2 Å². The third kappa shape index (κ3) is 7.10. The highest BCUT2D eigenvalue weighted by Crippen LogP contribution is 2.23. The van der Waals surface area contributed by atoms with Crippen LogP contribution in [0.2, 0.25) is 0 Å².